The van der Waals surface area contributed by atoms with E-state index in [-0.39, 0.29) is 60.8 Å². The second kappa shape index (κ2) is 27.1. The van der Waals surface area contributed by atoms with E-state index in [4.69, 9.17) is 33.4 Å². The predicted octanol–water partition coefficient (Wildman–Crippen LogP) is 5.14. The Labute approximate surface area is 356 Å². The van der Waals surface area contributed by atoms with Crippen molar-refractivity contribution >= 4 is 29.5 Å². The number of ketones is 1. The fourth-order valence-electron chi connectivity index (χ4n) is 7.38. The number of amides is 1. The zero-order valence-corrected chi connectivity index (χ0v) is 37.7. The maximum absolute atomic E-state index is 13.6. The van der Waals surface area contributed by atoms with Gasteiger partial charge in [0.25, 0.3) is 5.95 Å². The van der Waals surface area contributed by atoms with Crippen LogP contribution in [0.25, 0.3) is 0 Å². The maximum atomic E-state index is 13.6. The fourth-order valence-corrected chi connectivity index (χ4v) is 7.38. The number of methoxy groups -OCH3 is 1. The minimum atomic E-state index is -1.22. The largest absolute Gasteiger partial charge is 0.516 e. The summed E-state index contributed by atoms with van der Waals surface area (Å²) in [5.41, 5.74) is 0.709. The summed E-state index contributed by atoms with van der Waals surface area (Å²) in [6, 6.07) is 3.01. The number of hydrogen-bond acceptors (Lipinski definition) is 14. The number of rotatable bonds is 26. The lowest BCUT2D eigenvalue weighted by molar-refractivity contribution is -0.260. The molecule has 1 saturated heterocycles. The number of carbonyl (C=O) groups excluding carboxylic acids is 4. The van der Waals surface area contributed by atoms with Gasteiger partial charge < -0.3 is 48.3 Å². The van der Waals surface area contributed by atoms with E-state index in [1.807, 2.05) is 58.2 Å². The van der Waals surface area contributed by atoms with Crippen LogP contribution in [-0.4, -0.2) is 122 Å². The molecule has 1 aromatic heterocycles. The average molecular weight is 849 g/mol. The molecule has 0 aromatic carbocycles. The van der Waals surface area contributed by atoms with E-state index in [0.29, 0.717) is 45.4 Å². The van der Waals surface area contributed by atoms with Gasteiger partial charge in [-0.05, 0) is 79.0 Å². The van der Waals surface area contributed by atoms with Crippen LogP contribution in [0.15, 0.2) is 46.3 Å². The molecule has 0 radical (unpaired) electrons. The molecule has 0 aliphatic carbocycles. The van der Waals surface area contributed by atoms with Crippen molar-refractivity contribution in [2.75, 3.05) is 47.5 Å². The number of aliphatic imine (C=N–C) groups is 1. The lowest BCUT2D eigenvalue weighted by Gasteiger charge is -2.44. The van der Waals surface area contributed by atoms with Gasteiger partial charge in [-0.2, -0.15) is 0 Å². The van der Waals surface area contributed by atoms with Gasteiger partial charge in [0.05, 0.1) is 18.8 Å². The van der Waals surface area contributed by atoms with Crippen molar-refractivity contribution in [3.05, 3.63) is 46.8 Å². The molecule has 340 valence electrons. The van der Waals surface area contributed by atoms with E-state index < -0.39 is 54.2 Å². The lowest BCUT2D eigenvalue weighted by atomic mass is 9.87. The third kappa shape index (κ3) is 16.8. The summed E-state index contributed by atoms with van der Waals surface area (Å²) >= 11 is 0. The Bertz CT molecular complexity index is 1590. The van der Waals surface area contributed by atoms with Gasteiger partial charge in [0.2, 0.25) is 5.91 Å². The number of aryl methyl sites for hydroxylation is 1. The summed E-state index contributed by atoms with van der Waals surface area (Å²) in [5, 5.41) is 13.1. The predicted molar refractivity (Wildman–Crippen MR) is 227 cm³/mol. The molecule has 2 heterocycles. The lowest BCUT2D eigenvalue weighted by Crippen LogP contribution is -2.53. The quantitative estimate of drug-likeness (QED) is 0.0410. The van der Waals surface area contributed by atoms with Crippen LogP contribution in [0.3, 0.4) is 0 Å². The van der Waals surface area contributed by atoms with Crippen LogP contribution in [0.1, 0.15) is 93.9 Å². The Morgan fingerprint density at radius 1 is 1.05 bits per heavy atom. The first-order valence-corrected chi connectivity index (χ1v) is 21.4. The van der Waals surface area contributed by atoms with Gasteiger partial charge in [-0.3, -0.25) is 24.2 Å². The minimum absolute atomic E-state index is 0.0196. The zero-order valence-electron chi connectivity index (χ0n) is 37.7. The van der Waals surface area contributed by atoms with Gasteiger partial charge in [0, 0.05) is 93.8 Å². The van der Waals surface area contributed by atoms with Gasteiger partial charge in [-0.15, -0.1) is 0 Å². The van der Waals surface area contributed by atoms with Crippen LogP contribution in [0.4, 0.5) is 4.79 Å². The van der Waals surface area contributed by atoms with Crippen LogP contribution < -0.4 is 10.7 Å². The van der Waals surface area contributed by atoms with Gasteiger partial charge >= 0.3 is 12.1 Å². The summed E-state index contributed by atoms with van der Waals surface area (Å²) in [4.78, 5) is 70.7. The number of aromatic nitrogens is 1. The van der Waals surface area contributed by atoms with Gasteiger partial charge in [0.15, 0.2) is 17.5 Å². The Kier molecular flexibility index (Phi) is 23.6. The first-order chi connectivity index (χ1) is 28.5. The molecule has 2 N–H and O–H groups in total. The molecule has 1 aromatic rings. The van der Waals surface area contributed by atoms with E-state index in [2.05, 4.69) is 5.32 Å². The van der Waals surface area contributed by atoms with Crippen LogP contribution in [0.5, 0.6) is 0 Å². The summed E-state index contributed by atoms with van der Waals surface area (Å²) in [6.07, 6.45) is 4.60. The highest BCUT2D eigenvalue weighted by Crippen LogP contribution is 2.32. The SMILES string of the molecule is C/C=C(/OC(=O)O[C@@H](CC)[C@@H](C)C(=NCCC(=O)NCCCn1ccc(=O)cc1)[C@H](C)CCOC)OC(=O)[C@H](C)C(=O)[C@H](C)[C@H](CC)O[C@@H]1O[C@H](C)C[C@H](N(C)C)[C@H]1CO. The normalized spacial score (nSPS) is 21.6. The van der Waals surface area contributed by atoms with E-state index in [1.54, 1.807) is 26.4 Å². The Hall–Kier alpha value is -3.96. The van der Waals surface area contributed by atoms with Crippen molar-refractivity contribution < 1.29 is 52.7 Å². The standard InChI is InChI=1S/C44H72N4O12/c1-12-36(30(6)40(28(4)19-25-55-11)46-21-16-38(51)45-20-15-22-48-23-17-33(50)18-24-48)58-44(54)60-39(14-3)59-42(53)32(8)41(52)31(7)37(13-2)57-43-34(27-49)35(47(9)10)26-29(5)56-43/h14,17-18,23-24,28-32,34-37,43,49H,12-13,15-16,19-22,25-27H2,1-11H3,(H,45,51)/b39-14+,46-40?/t28-,29-,30-,31-,32-,34-,35+,36+,37+,43+/m1/s1. The molecule has 10 atom stereocenters. The summed E-state index contributed by atoms with van der Waals surface area (Å²) in [6.45, 7) is 15.9. The number of hydrogen-bond donors (Lipinski definition) is 2. The Balaban J connectivity index is 2.01. The number of nitrogens with one attached hydrogen (secondary N) is 1. The summed E-state index contributed by atoms with van der Waals surface area (Å²) < 4.78 is 36.0. The number of carbonyl (C=O) groups is 4. The van der Waals surface area contributed by atoms with Crippen LogP contribution in [-0.2, 0) is 49.3 Å². The summed E-state index contributed by atoms with van der Waals surface area (Å²) in [5.74, 6) is -4.58. The number of allylic oxidation sites excluding steroid dienone is 1. The molecule has 1 aliphatic heterocycles. The molecule has 0 spiro atoms. The van der Waals surface area contributed by atoms with E-state index in [0.717, 1.165) is 12.1 Å². The zero-order chi connectivity index (χ0) is 44.9. The molecule has 0 unspecified atom stereocenters. The third-order valence-electron chi connectivity index (χ3n) is 11.1. The van der Waals surface area contributed by atoms with E-state index >= 15 is 0 Å². The first-order valence-electron chi connectivity index (χ1n) is 21.4. The molecule has 0 saturated carbocycles. The van der Waals surface area contributed by atoms with Crippen molar-refractivity contribution in [2.24, 2.45) is 34.6 Å². The molecule has 0 bridgehead atoms. The molecule has 1 amide bonds. The smallest absolute Gasteiger partial charge is 0.430 e. The second-order valence-electron chi connectivity index (χ2n) is 15.9. The van der Waals surface area contributed by atoms with Crippen LogP contribution >= 0.6 is 0 Å². The maximum Gasteiger partial charge on any atom is 0.516 e. The summed E-state index contributed by atoms with van der Waals surface area (Å²) in [7, 11) is 5.50. The van der Waals surface area contributed by atoms with E-state index in [9.17, 15) is 29.1 Å². The Morgan fingerprint density at radius 2 is 1.72 bits per heavy atom. The number of nitrogens with zero attached hydrogens (tertiary/aromatic N) is 3. The average Bonchev–Trinajstić information content (AvgIpc) is 3.22. The number of ether oxygens (including phenoxy) is 6. The van der Waals surface area contributed by atoms with Crippen LogP contribution in [0.2, 0.25) is 0 Å². The minimum Gasteiger partial charge on any atom is -0.430 e. The van der Waals surface area contributed by atoms with Crippen molar-refractivity contribution in [3.8, 4) is 0 Å². The van der Waals surface area contributed by atoms with Gasteiger partial charge in [0.1, 0.15) is 12.0 Å². The van der Waals surface area contributed by atoms with Gasteiger partial charge in [-0.1, -0.05) is 34.6 Å². The highest BCUT2D eigenvalue weighted by atomic mass is 16.8. The van der Waals surface area contributed by atoms with Crippen molar-refractivity contribution in [1.82, 2.24) is 14.8 Å². The monoisotopic (exact) mass is 849 g/mol. The molecular formula is C44H72N4O12. The second-order valence-corrected chi connectivity index (χ2v) is 15.9. The van der Waals surface area contributed by atoms with Crippen LogP contribution in [0, 0.1) is 29.6 Å². The fraction of sp³-hybridized carbons (Fsp3) is 0.727. The molecule has 1 aliphatic rings. The van der Waals surface area contributed by atoms with Crippen molar-refractivity contribution in [3.63, 3.8) is 0 Å². The molecule has 16 heteroatoms. The molecular weight excluding hydrogens is 776 g/mol. The molecule has 16 nitrogen and oxygen atoms in total. The Morgan fingerprint density at radius 3 is 2.30 bits per heavy atom. The van der Waals surface area contributed by atoms with Crippen molar-refractivity contribution in [2.45, 2.75) is 131 Å². The first kappa shape index (κ1) is 52.2. The number of aliphatic hydroxyl groups is 1. The highest BCUT2D eigenvalue weighted by Gasteiger charge is 2.42. The van der Waals surface area contributed by atoms with E-state index in [1.165, 1.54) is 32.1 Å². The highest BCUT2D eigenvalue weighted by molar-refractivity contribution is 6.00. The topological polar surface area (TPSA) is 194 Å². The van der Waals surface area contributed by atoms with Crippen molar-refractivity contribution in [1.29, 1.82) is 0 Å². The number of aliphatic hydroxyl groups excluding tert-OH is 1. The van der Waals surface area contributed by atoms with Gasteiger partial charge in [-0.25, -0.2) is 4.79 Å². The number of pyridine rings is 1. The molecule has 2 rings (SSSR count). The third-order valence-corrected chi connectivity index (χ3v) is 11.1. The molecule has 60 heavy (non-hydrogen) atoms. The molecule has 1 fully saturated rings. The number of esters is 1. The number of Topliss-reactive ketones (excluding diaryl/α,β-unsaturated/α-hetero) is 1.